The second kappa shape index (κ2) is 17.2. The summed E-state index contributed by atoms with van der Waals surface area (Å²) in [6.07, 6.45) is 20.4. The van der Waals surface area contributed by atoms with E-state index in [0.717, 1.165) is 12.8 Å². The molecule has 0 unspecified atom stereocenters. The molecule has 0 aliphatic carbocycles. The number of carbonyl (C=O) groups is 1. The Morgan fingerprint density at radius 2 is 1.33 bits per heavy atom. The Kier molecular flexibility index (Phi) is 16.5. The van der Waals surface area contributed by atoms with Gasteiger partial charge >= 0.3 is 5.97 Å². The fourth-order valence-electron chi connectivity index (χ4n) is 2.33. The molecule has 3 nitrogen and oxygen atoms in total. The van der Waals surface area contributed by atoms with Crippen molar-refractivity contribution >= 4 is 5.97 Å². The van der Waals surface area contributed by atoms with E-state index < -0.39 is 12.6 Å². The number of carbonyl (C=O) groups excluding carboxylic acids is 1. The molecule has 0 aliphatic heterocycles. The lowest BCUT2D eigenvalue weighted by molar-refractivity contribution is -0.141. The van der Waals surface area contributed by atoms with Crippen molar-refractivity contribution in [1.29, 1.82) is 0 Å². The third-order valence-electron chi connectivity index (χ3n) is 3.65. The highest BCUT2D eigenvalue weighted by Crippen LogP contribution is 2.12. The zero-order valence-electron chi connectivity index (χ0n) is 13.8. The molecular formula is C18H34O3. The van der Waals surface area contributed by atoms with Crippen molar-refractivity contribution < 1.29 is 14.6 Å². The van der Waals surface area contributed by atoms with Gasteiger partial charge in [-0.05, 0) is 18.9 Å². The highest BCUT2D eigenvalue weighted by Gasteiger charge is 1.94. The molecule has 0 rings (SSSR count). The molecule has 0 aliphatic rings. The first-order valence-electron chi connectivity index (χ1n) is 8.76. The molecule has 0 spiro atoms. The molecule has 0 atom stereocenters. The topological polar surface area (TPSA) is 46.5 Å². The van der Waals surface area contributed by atoms with Crippen LogP contribution in [0, 0.1) is 0 Å². The zero-order chi connectivity index (χ0) is 15.6. The Balaban J connectivity index is 3.07. The lowest BCUT2D eigenvalue weighted by atomic mass is 10.0. The molecule has 0 saturated heterocycles. The highest BCUT2D eigenvalue weighted by atomic mass is 16.5. The van der Waals surface area contributed by atoms with Gasteiger partial charge in [0.25, 0.3) is 0 Å². The molecule has 0 amide bonds. The van der Waals surface area contributed by atoms with Gasteiger partial charge in [-0.15, -0.1) is 0 Å². The minimum atomic E-state index is -0.596. The molecule has 1 N–H and O–H groups in total. The molecule has 0 radical (unpaired) electrons. The van der Waals surface area contributed by atoms with Crippen molar-refractivity contribution in [3.05, 3.63) is 12.3 Å². The van der Waals surface area contributed by atoms with E-state index in [1.165, 1.54) is 76.9 Å². The maximum absolute atomic E-state index is 10.6. The van der Waals surface area contributed by atoms with E-state index in [2.05, 4.69) is 11.7 Å². The Labute approximate surface area is 130 Å². The predicted octanol–water partition coefficient (Wildman–Crippen LogP) is 5.13. The minimum Gasteiger partial charge on any atom is -0.433 e. The molecule has 124 valence electrons. The number of allylic oxidation sites excluding steroid dienone is 1. The molecule has 0 aromatic heterocycles. The molecule has 3 heteroatoms. The van der Waals surface area contributed by atoms with Crippen LogP contribution in [0.1, 0.15) is 90.4 Å². The summed E-state index contributed by atoms with van der Waals surface area (Å²) in [4.78, 5) is 10.6. The summed E-state index contributed by atoms with van der Waals surface area (Å²) in [7, 11) is 0. The van der Waals surface area contributed by atoms with Gasteiger partial charge in [0.15, 0.2) is 0 Å². The third kappa shape index (κ3) is 17.1. The second-order valence-corrected chi connectivity index (χ2v) is 5.70. The van der Waals surface area contributed by atoms with Crippen molar-refractivity contribution in [2.45, 2.75) is 90.4 Å². The van der Waals surface area contributed by atoms with E-state index in [0.29, 0.717) is 0 Å². The molecule has 0 fully saturated rings. The monoisotopic (exact) mass is 298 g/mol. The van der Waals surface area contributed by atoms with Crippen LogP contribution in [-0.4, -0.2) is 17.7 Å². The first-order valence-corrected chi connectivity index (χ1v) is 8.76. The van der Waals surface area contributed by atoms with Crippen LogP contribution in [0.2, 0.25) is 0 Å². The van der Waals surface area contributed by atoms with Crippen molar-refractivity contribution in [3.8, 4) is 0 Å². The van der Waals surface area contributed by atoms with Crippen molar-refractivity contribution in [3.63, 3.8) is 0 Å². The van der Waals surface area contributed by atoms with Crippen molar-refractivity contribution in [2.24, 2.45) is 0 Å². The van der Waals surface area contributed by atoms with Gasteiger partial charge in [-0.25, -0.2) is 4.79 Å². The lowest BCUT2D eigenvalue weighted by Crippen LogP contribution is -2.04. The Morgan fingerprint density at radius 3 is 1.81 bits per heavy atom. The second-order valence-electron chi connectivity index (χ2n) is 5.70. The normalized spacial score (nSPS) is 11.1. The zero-order valence-corrected chi connectivity index (χ0v) is 13.8. The van der Waals surface area contributed by atoms with E-state index in [9.17, 15) is 4.79 Å². The average molecular weight is 298 g/mol. The SMILES string of the molecule is CCCCCCCCCCCCCCC=COC(=O)CO. The molecule has 0 aromatic rings. The van der Waals surface area contributed by atoms with Gasteiger partial charge in [-0.3, -0.25) is 0 Å². The standard InChI is InChI=1S/C18H34O3/c1-2-3-4-5-6-7-8-9-10-11-12-13-14-15-16-21-18(20)17-19/h15-16,19H,2-14,17H2,1H3. The minimum absolute atomic E-state index is 0.553. The summed E-state index contributed by atoms with van der Waals surface area (Å²) in [6, 6.07) is 0. The molecule has 0 bridgehead atoms. The number of hydrogen-bond acceptors (Lipinski definition) is 3. The largest absolute Gasteiger partial charge is 0.433 e. The molecule has 0 saturated carbocycles. The van der Waals surface area contributed by atoms with Gasteiger partial charge in [0.1, 0.15) is 6.61 Å². The number of rotatable bonds is 15. The summed E-state index contributed by atoms with van der Waals surface area (Å²) < 4.78 is 4.63. The predicted molar refractivity (Wildman–Crippen MR) is 88.0 cm³/mol. The van der Waals surface area contributed by atoms with Crippen LogP contribution in [0.5, 0.6) is 0 Å². The number of aliphatic hydroxyl groups excluding tert-OH is 1. The van der Waals surface area contributed by atoms with Crippen LogP contribution in [0.15, 0.2) is 12.3 Å². The molecule has 21 heavy (non-hydrogen) atoms. The number of ether oxygens (including phenoxy) is 1. The van der Waals surface area contributed by atoms with Crippen LogP contribution in [0.4, 0.5) is 0 Å². The summed E-state index contributed by atoms with van der Waals surface area (Å²) in [5, 5.41) is 8.44. The first-order chi connectivity index (χ1) is 10.3. The smallest absolute Gasteiger partial charge is 0.336 e. The molecule has 0 heterocycles. The fourth-order valence-corrected chi connectivity index (χ4v) is 2.33. The van der Waals surface area contributed by atoms with E-state index in [4.69, 9.17) is 5.11 Å². The average Bonchev–Trinajstić information content (AvgIpc) is 2.50. The van der Waals surface area contributed by atoms with Crippen molar-refractivity contribution in [2.75, 3.05) is 6.61 Å². The number of hydrogen-bond donors (Lipinski definition) is 1. The van der Waals surface area contributed by atoms with Crippen LogP contribution < -0.4 is 0 Å². The number of aliphatic hydroxyl groups is 1. The fraction of sp³-hybridized carbons (Fsp3) is 0.833. The van der Waals surface area contributed by atoms with Gasteiger partial charge in [-0.1, -0.05) is 77.6 Å². The van der Waals surface area contributed by atoms with Gasteiger partial charge in [0.05, 0.1) is 6.26 Å². The van der Waals surface area contributed by atoms with E-state index in [1.54, 1.807) is 0 Å². The van der Waals surface area contributed by atoms with Crippen LogP contribution >= 0.6 is 0 Å². The van der Waals surface area contributed by atoms with Gasteiger partial charge < -0.3 is 9.84 Å². The van der Waals surface area contributed by atoms with E-state index in [1.807, 2.05) is 6.08 Å². The summed E-state index contributed by atoms with van der Waals surface area (Å²) in [6.45, 7) is 1.71. The molecule has 0 aromatic carbocycles. The number of unbranched alkanes of at least 4 members (excludes halogenated alkanes) is 12. The van der Waals surface area contributed by atoms with E-state index in [-0.39, 0.29) is 0 Å². The van der Waals surface area contributed by atoms with Gasteiger partial charge in [0.2, 0.25) is 0 Å². The van der Waals surface area contributed by atoms with Crippen molar-refractivity contribution in [1.82, 2.24) is 0 Å². The maximum Gasteiger partial charge on any atom is 0.336 e. The lowest BCUT2D eigenvalue weighted by Gasteiger charge is -2.02. The maximum atomic E-state index is 10.6. The van der Waals surface area contributed by atoms with E-state index >= 15 is 0 Å². The Hall–Kier alpha value is -0.830. The summed E-state index contributed by atoms with van der Waals surface area (Å²) in [5.74, 6) is -0.596. The quantitative estimate of drug-likeness (QED) is 0.259. The van der Waals surface area contributed by atoms with Gasteiger partial charge in [0, 0.05) is 0 Å². The first kappa shape index (κ1) is 20.2. The van der Waals surface area contributed by atoms with Crippen LogP contribution in [0.3, 0.4) is 0 Å². The van der Waals surface area contributed by atoms with Gasteiger partial charge in [-0.2, -0.15) is 0 Å². The Bertz CT molecular complexity index is 249. The Morgan fingerprint density at radius 1 is 0.857 bits per heavy atom. The molecular weight excluding hydrogens is 264 g/mol. The number of esters is 1. The van der Waals surface area contributed by atoms with Crippen LogP contribution in [0.25, 0.3) is 0 Å². The highest BCUT2D eigenvalue weighted by molar-refractivity contribution is 5.70. The van der Waals surface area contributed by atoms with Crippen LogP contribution in [-0.2, 0) is 9.53 Å². The summed E-state index contributed by atoms with van der Waals surface area (Å²) >= 11 is 0. The summed E-state index contributed by atoms with van der Waals surface area (Å²) in [5.41, 5.74) is 0. The third-order valence-corrected chi connectivity index (χ3v) is 3.65.